The van der Waals surface area contributed by atoms with Gasteiger partial charge in [-0.2, -0.15) is 0 Å². The lowest BCUT2D eigenvalue weighted by molar-refractivity contribution is 0.0435. The zero-order valence-corrected chi connectivity index (χ0v) is 17.0. The molecule has 0 aliphatic heterocycles. The maximum absolute atomic E-state index is 11.7. The first-order valence-corrected chi connectivity index (χ1v) is 9.93. The molecule has 0 fully saturated rings. The normalized spacial score (nSPS) is 13.0. The minimum Gasteiger partial charge on any atom is -0.379 e. The minimum absolute atomic E-state index is 0.136. The molecule has 0 aliphatic rings. The predicted molar refractivity (Wildman–Crippen MR) is 113 cm³/mol. The second-order valence-electron chi connectivity index (χ2n) is 6.96. The summed E-state index contributed by atoms with van der Waals surface area (Å²) in [6.45, 7) is 5.03. The van der Waals surface area contributed by atoms with Crippen LogP contribution in [0.2, 0.25) is 0 Å². The Morgan fingerprint density at radius 2 is 1.57 bits per heavy atom. The number of hydrogen-bond donors (Lipinski definition) is 4. The van der Waals surface area contributed by atoms with Gasteiger partial charge in [0.1, 0.15) is 5.60 Å². The van der Waals surface area contributed by atoms with Crippen LogP contribution in [-0.2, 0) is 10.4 Å². The minimum atomic E-state index is -1.09. The Hall–Kier alpha value is -1.80. The molecule has 0 saturated heterocycles. The van der Waals surface area contributed by atoms with Crippen LogP contribution in [-0.4, -0.2) is 49.4 Å². The van der Waals surface area contributed by atoms with E-state index in [1.54, 1.807) is 0 Å². The van der Waals surface area contributed by atoms with Gasteiger partial charge in [-0.1, -0.05) is 60.7 Å². The highest BCUT2D eigenvalue weighted by atomic mass is 16.6. The van der Waals surface area contributed by atoms with Crippen LogP contribution in [0, 0.1) is 0 Å². The Morgan fingerprint density at radius 3 is 2.07 bits per heavy atom. The fourth-order valence-electron chi connectivity index (χ4n) is 3.44. The molecule has 2 aromatic carbocycles. The van der Waals surface area contributed by atoms with E-state index in [1.165, 1.54) is 0 Å². The van der Waals surface area contributed by atoms with Gasteiger partial charge in [0, 0.05) is 19.1 Å². The first-order chi connectivity index (χ1) is 13.6. The molecule has 0 spiro atoms. The van der Waals surface area contributed by atoms with Crippen molar-refractivity contribution in [1.82, 2.24) is 15.8 Å². The highest BCUT2D eigenvalue weighted by Crippen LogP contribution is 2.32. The van der Waals surface area contributed by atoms with E-state index in [0.717, 1.165) is 43.6 Å². The van der Waals surface area contributed by atoms with Gasteiger partial charge in [-0.15, -0.1) is 0 Å². The molecule has 0 aliphatic carbocycles. The summed E-state index contributed by atoms with van der Waals surface area (Å²) in [6.07, 6.45) is 2.03. The summed E-state index contributed by atoms with van der Waals surface area (Å²) in [7, 11) is 1.90. The van der Waals surface area contributed by atoms with E-state index in [1.807, 2.05) is 74.6 Å². The van der Waals surface area contributed by atoms with E-state index < -0.39 is 5.60 Å². The Bertz CT molecular complexity index is 615. The Labute approximate surface area is 168 Å². The second-order valence-corrected chi connectivity index (χ2v) is 6.96. The van der Waals surface area contributed by atoms with Crippen molar-refractivity contribution in [3.63, 3.8) is 0 Å². The monoisotopic (exact) mass is 386 g/mol. The molecule has 1 atom stereocenters. The van der Waals surface area contributed by atoms with Crippen molar-refractivity contribution in [3.05, 3.63) is 71.8 Å². The van der Waals surface area contributed by atoms with Gasteiger partial charge in [-0.05, 0) is 44.5 Å². The van der Waals surface area contributed by atoms with Crippen molar-refractivity contribution in [2.24, 2.45) is 5.90 Å². The molecule has 2 rings (SSSR count). The van der Waals surface area contributed by atoms with E-state index in [2.05, 4.69) is 20.6 Å². The third-order valence-corrected chi connectivity index (χ3v) is 5.16. The first-order valence-electron chi connectivity index (χ1n) is 9.93. The SMILES string of the molecule is CNN(CCCCNC(C)C(O)(c1ccccc1)c1ccccc1)CCON. The van der Waals surface area contributed by atoms with Crippen molar-refractivity contribution < 1.29 is 9.94 Å². The fraction of sp³-hybridized carbons (Fsp3) is 0.455. The maximum Gasteiger partial charge on any atom is 0.130 e. The number of nitrogens with two attached hydrogens (primary N) is 1. The Morgan fingerprint density at radius 1 is 1.00 bits per heavy atom. The van der Waals surface area contributed by atoms with Crippen molar-refractivity contribution >= 4 is 0 Å². The molecule has 2 aromatic rings. The molecule has 0 heterocycles. The summed E-state index contributed by atoms with van der Waals surface area (Å²) < 4.78 is 0. The molecule has 0 radical (unpaired) electrons. The van der Waals surface area contributed by atoms with Crippen molar-refractivity contribution in [2.45, 2.75) is 31.4 Å². The second kappa shape index (κ2) is 11.9. The summed E-state index contributed by atoms with van der Waals surface area (Å²) in [6, 6.07) is 19.6. The molecule has 6 heteroatoms. The van der Waals surface area contributed by atoms with Gasteiger partial charge in [0.25, 0.3) is 0 Å². The largest absolute Gasteiger partial charge is 0.379 e. The molecular formula is C22H34N4O2. The number of benzene rings is 2. The van der Waals surface area contributed by atoms with Crippen LogP contribution in [0.5, 0.6) is 0 Å². The number of aliphatic hydroxyl groups is 1. The van der Waals surface area contributed by atoms with Gasteiger partial charge in [0.15, 0.2) is 0 Å². The highest BCUT2D eigenvalue weighted by molar-refractivity contribution is 5.37. The van der Waals surface area contributed by atoms with Gasteiger partial charge >= 0.3 is 0 Å². The van der Waals surface area contributed by atoms with E-state index in [-0.39, 0.29) is 6.04 Å². The zero-order chi connectivity index (χ0) is 20.2. The third kappa shape index (κ3) is 6.10. The van der Waals surface area contributed by atoms with E-state index in [4.69, 9.17) is 5.90 Å². The van der Waals surface area contributed by atoms with Gasteiger partial charge < -0.3 is 15.3 Å². The molecule has 0 saturated carbocycles. The summed E-state index contributed by atoms with van der Waals surface area (Å²) in [5.74, 6) is 5.09. The summed E-state index contributed by atoms with van der Waals surface area (Å²) >= 11 is 0. The first kappa shape index (κ1) is 22.5. The average Bonchev–Trinajstić information content (AvgIpc) is 2.76. The van der Waals surface area contributed by atoms with Gasteiger partial charge in [0.2, 0.25) is 0 Å². The van der Waals surface area contributed by atoms with Crippen LogP contribution >= 0.6 is 0 Å². The number of nitrogens with one attached hydrogen (secondary N) is 2. The molecule has 5 N–H and O–H groups in total. The fourth-order valence-corrected chi connectivity index (χ4v) is 3.44. The number of nitrogens with zero attached hydrogens (tertiary/aromatic N) is 1. The van der Waals surface area contributed by atoms with E-state index in [0.29, 0.717) is 6.61 Å². The molecule has 154 valence electrons. The maximum atomic E-state index is 11.7. The highest BCUT2D eigenvalue weighted by Gasteiger charge is 2.37. The van der Waals surface area contributed by atoms with Crippen LogP contribution in [0.15, 0.2) is 60.7 Å². The van der Waals surface area contributed by atoms with Crippen LogP contribution in [0.4, 0.5) is 0 Å². The van der Waals surface area contributed by atoms with Crippen molar-refractivity contribution in [2.75, 3.05) is 33.3 Å². The van der Waals surface area contributed by atoms with Crippen LogP contribution in [0.3, 0.4) is 0 Å². The molecular weight excluding hydrogens is 352 g/mol. The number of hydrazine groups is 1. The van der Waals surface area contributed by atoms with Crippen LogP contribution in [0.1, 0.15) is 30.9 Å². The van der Waals surface area contributed by atoms with Crippen molar-refractivity contribution in [3.8, 4) is 0 Å². The number of unbranched alkanes of at least 4 members (excludes halogenated alkanes) is 1. The van der Waals surface area contributed by atoms with Gasteiger partial charge in [0.05, 0.1) is 6.61 Å². The molecule has 28 heavy (non-hydrogen) atoms. The lowest BCUT2D eigenvalue weighted by Gasteiger charge is -2.36. The standard InChI is InChI=1S/C22H34N4O2/c1-19(25-15-9-10-16-26(24-2)17-18-28-23)22(27,20-11-5-3-6-12-20)21-13-7-4-8-14-21/h3-8,11-14,19,24-25,27H,9-10,15-18,23H2,1-2H3. The Kier molecular flexibility index (Phi) is 9.57. The third-order valence-electron chi connectivity index (χ3n) is 5.16. The van der Waals surface area contributed by atoms with E-state index in [9.17, 15) is 5.11 Å². The quantitative estimate of drug-likeness (QED) is 0.311. The number of hydrogen-bond acceptors (Lipinski definition) is 6. The average molecular weight is 387 g/mol. The zero-order valence-electron chi connectivity index (χ0n) is 17.0. The summed E-state index contributed by atoms with van der Waals surface area (Å²) in [5.41, 5.74) is 3.84. The van der Waals surface area contributed by atoms with Crippen LogP contribution < -0.4 is 16.6 Å². The van der Waals surface area contributed by atoms with E-state index >= 15 is 0 Å². The molecule has 6 nitrogen and oxygen atoms in total. The van der Waals surface area contributed by atoms with Crippen LogP contribution in [0.25, 0.3) is 0 Å². The lowest BCUT2D eigenvalue weighted by atomic mass is 9.81. The van der Waals surface area contributed by atoms with Gasteiger partial charge in [-0.25, -0.2) is 10.9 Å². The smallest absolute Gasteiger partial charge is 0.130 e. The molecule has 0 aromatic heterocycles. The number of rotatable bonds is 13. The predicted octanol–water partition coefficient (Wildman–Crippen LogP) is 2.01. The Balaban J connectivity index is 1.94. The topological polar surface area (TPSA) is 82.8 Å². The summed E-state index contributed by atoms with van der Waals surface area (Å²) in [4.78, 5) is 4.63. The summed E-state index contributed by atoms with van der Waals surface area (Å²) in [5, 5.41) is 17.3. The molecule has 1 unspecified atom stereocenters. The van der Waals surface area contributed by atoms with Gasteiger partial charge in [-0.3, -0.25) is 5.43 Å². The van der Waals surface area contributed by atoms with Crippen molar-refractivity contribution in [1.29, 1.82) is 0 Å². The molecule has 0 bridgehead atoms. The molecule has 0 amide bonds. The lowest BCUT2D eigenvalue weighted by Crippen LogP contribution is -2.48.